The molecule has 0 aromatic heterocycles. The van der Waals surface area contributed by atoms with Gasteiger partial charge in [-0.05, 0) is 36.8 Å². The fraction of sp³-hybridized carbons (Fsp3) is 0.222. The minimum Gasteiger partial charge on any atom is -0.507 e. The van der Waals surface area contributed by atoms with Crippen LogP contribution < -0.4 is 25.1 Å². The number of phenols is 1. The number of ether oxygens (including phenoxy) is 3. The third kappa shape index (κ3) is 3.97. The monoisotopic (exact) mass is 360 g/mol. The molecule has 0 aliphatic carbocycles. The Morgan fingerprint density at radius 1 is 0.885 bits per heavy atom. The van der Waals surface area contributed by atoms with Crippen LogP contribution in [0, 0.1) is 6.92 Å². The summed E-state index contributed by atoms with van der Waals surface area (Å²) in [4.78, 5) is 24.4. The predicted octanol–water partition coefficient (Wildman–Crippen LogP) is 1.80. The first-order valence-corrected chi connectivity index (χ1v) is 7.61. The molecule has 0 atom stereocenters. The fourth-order valence-corrected chi connectivity index (χ4v) is 2.30. The highest BCUT2D eigenvalue weighted by molar-refractivity contribution is 6.00. The maximum Gasteiger partial charge on any atom is 0.273 e. The van der Waals surface area contributed by atoms with Crippen LogP contribution in [-0.4, -0.2) is 38.3 Å². The molecule has 2 rings (SSSR count). The molecule has 0 saturated heterocycles. The number of phenolic OH excluding ortho intramolecular Hbond substituents is 1. The van der Waals surface area contributed by atoms with Gasteiger partial charge in [-0.25, -0.2) is 0 Å². The summed E-state index contributed by atoms with van der Waals surface area (Å²) < 4.78 is 15.6. The van der Waals surface area contributed by atoms with Gasteiger partial charge >= 0.3 is 0 Å². The van der Waals surface area contributed by atoms with Gasteiger partial charge in [0.25, 0.3) is 11.8 Å². The summed E-state index contributed by atoms with van der Waals surface area (Å²) in [5.41, 5.74) is 5.56. The quantitative estimate of drug-likeness (QED) is 0.702. The second-order valence-electron chi connectivity index (χ2n) is 5.34. The topological polar surface area (TPSA) is 106 Å². The number of benzene rings is 2. The van der Waals surface area contributed by atoms with Gasteiger partial charge in [0.05, 0.1) is 26.9 Å². The van der Waals surface area contributed by atoms with Gasteiger partial charge in [0.1, 0.15) is 5.75 Å². The molecule has 0 heterocycles. The molecule has 2 amide bonds. The number of amides is 2. The van der Waals surface area contributed by atoms with E-state index in [1.807, 2.05) is 0 Å². The molecule has 0 radical (unpaired) electrons. The summed E-state index contributed by atoms with van der Waals surface area (Å²) in [5, 5.41) is 9.82. The zero-order valence-electron chi connectivity index (χ0n) is 14.9. The molecule has 3 N–H and O–H groups in total. The highest BCUT2D eigenvalue weighted by atomic mass is 16.5. The van der Waals surface area contributed by atoms with E-state index in [9.17, 15) is 14.7 Å². The number of hydrogen-bond acceptors (Lipinski definition) is 6. The Labute approximate surface area is 150 Å². The Bertz CT molecular complexity index is 809. The number of hydrogen-bond donors (Lipinski definition) is 3. The molecule has 8 heteroatoms. The number of aromatic hydroxyl groups is 1. The summed E-state index contributed by atoms with van der Waals surface area (Å²) in [7, 11) is 4.32. The van der Waals surface area contributed by atoms with E-state index in [4.69, 9.17) is 14.2 Å². The Hall–Kier alpha value is -3.42. The molecule has 0 bridgehead atoms. The highest BCUT2D eigenvalue weighted by Gasteiger charge is 2.18. The fourth-order valence-electron chi connectivity index (χ4n) is 2.30. The lowest BCUT2D eigenvalue weighted by Gasteiger charge is -2.14. The number of aryl methyl sites for hydroxylation is 1. The maximum atomic E-state index is 12.3. The molecule has 26 heavy (non-hydrogen) atoms. The smallest absolute Gasteiger partial charge is 0.273 e. The van der Waals surface area contributed by atoms with Crippen molar-refractivity contribution in [2.24, 2.45) is 0 Å². The summed E-state index contributed by atoms with van der Waals surface area (Å²) in [6, 6.07) is 7.50. The first kappa shape index (κ1) is 18.9. The zero-order valence-corrected chi connectivity index (χ0v) is 14.9. The van der Waals surface area contributed by atoms with Gasteiger partial charge in [-0.1, -0.05) is 6.07 Å². The van der Waals surface area contributed by atoms with Gasteiger partial charge in [-0.2, -0.15) is 0 Å². The van der Waals surface area contributed by atoms with Crippen molar-refractivity contribution in [3.05, 3.63) is 47.0 Å². The van der Waals surface area contributed by atoms with Crippen LogP contribution in [0.2, 0.25) is 0 Å². The molecular weight excluding hydrogens is 340 g/mol. The van der Waals surface area contributed by atoms with Crippen molar-refractivity contribution < 1.29 is 28.9 Å². The minimum atomic E-state index is -0.650. The van der Waals surface area contributed by atoms with Gasteiger partial charge in [0.2, 0.25) is 5.75 Å². The van der Waals surface area contributed by atoms with Crippen LogP contribution in [0.1, 0.15) is 26.3 Å². The predicted molar refractivity (Wildman–Crippen MR) is 93.9 cm³/mol. The molecule has 0 aliphatic rings. The Morgan fingerprint density at radius 2 is 1.46 bits per heavy atom. The van der Waals surface area contributed by atoms with Crippen molar-refractivity contribution in [2.45, 2.75) is 6.92 Å². The van der Waals surface area contributed by atoms with Crippen molar-refractivity contribution in [3.63, 3.8) is 0 Å². The number of carbonyl (C=O) groups is 2. The number of rotatable bonds is 5. The number of nitrogens with one attached hydrogen (secondary N) is 2. The molecular formula is C18H20N2O6. The van der Waals surface area contributed by atoms with Crippen LogP contribution >= 0.6 is 0 Å². The van der Waals surface area contributed by atoms with Crippen molar-refractivity contribution in [3.8, 4) is 23.0 Å². The van der Waals surface area contributed by atoms with Gasteiger partial charge in [0.15, 0.2) is 11.5 Å². The SMILES string of the molecule is COc1cc(C(=O)NNC(=O)c2ccc(C)cc2O)cc(OC)c1OC. The third-order valence-electron chi connectivity index (χ3n) is 3.61. The molecule has 0 spiro atoms. The van der Waals surface area contributed by atoms with E-state index in [0.29, 0.717) is 17.2 Å². The molecule has 2 aromatic rings. The van der Waals surface area contributed by atoms with Crippen LogP contribution in [0.25, 0.3) is 0 Å². The largest absolute Gasteiger partial charge is 0.507 e. The van der Waals surface area contributed by atoms with Crippen molar-refractivity contribution >= 4 is 11.8 Å². The first-order chi connectivity index (χ1) is 12.4. The van der Waals surface area contributed by atoms with Crippen LogP contribution in [0.15, 0.2) is 30.3 Å². The number of carbonyl (C=O) groups excluding carboxylic acids is 2. The minimum absolute atomic E-state index is 0.0424. The van der Waals surface area contributed by atoms with Gasteiger partial charge in [-0.15, -0.1) is 0 Å². The third-order valence-corrected chi connectivity index (χ3v) is 3.61. The van der Waals surface area contributed by atoms with Crippen LogP contribution in [0.5, 0.6) is 23.0 Å². The van der Waals surface area contributed by atoms with Crippen LogP contribution in [-0.2, 0) is 0 Å². The van der Waals surface area contributed by atoms with E-state index in [1.165, 1.54) is 45.6 Å². The molecule has 138 valence electrons. The van der Waals surface area contributed by atoms with E-state index in [-0.39, 0.29) is 16.9 Å². The van der Waals surface area contributed by atoms with E-state index < -0.39 is 11.8 Å². The van der Waals surface area contributed by atoms with Crippen molar-refractivity contribution in [2.75, 3.05) is 21.3 Å². The number of methoxy groups -OCH3 is 3. The lowest BCUT2D eigenvalue weighted by atomic mass is 10.1. The Morgan fingerprint density at radius 3 is 1.96 bits per heavy atom. The molecule has 0 aliphatic heterocycles. The lowest BCUT2D eigenvalue weighted by molar-refractivity contribution is 0.0844. The molecule has 0 fully saturated rings. The Kier molecular flexibility index (Phi) is 5.90. The summed E-state index contributed by atoms with van der Waals surface area (Å²) in [6.07, 6.45) is 0. The maximum absolute atomic E-state index is 12.3. The van der Waals surface area contributed by atoms with Crippen LogP contribution in [0.4, 0.5) is 0 Å². The second kappa shape index (κ2) is 8.11. The average molecular weight is 360 g/mol. The van der Waals surface area contributed by atoms with Gasteiger partial charge in [-0.3, -0.25) is 20.4 Å². The van der Waals surface area contributed by atoms with Crippen molar-refractivity contribution in [1.82, 2.24) is 10.9 Å². The molecule has 2 aromatic carbocycles. The summed E-state index contributed by atoms with van der Waals surface area (Å²) in [5.74, 6) is -0.462. The van der Waals surface area contributed by atoms with Crippen LogP contribution in [0.3, 0.4) is 0 Å². The van der Waals surface area contributed by atoms with E-state index in [1.54, 1.807) is 13.0 Å². The number of hydrazine groups is 1. The average Bonchev–Trinajstić information content (AvgIpc) is 2.64. The normalized spacial score (nSPS) is 10.0. The van der Waals surface area contributed by atoms with Crippen molar-refractivity contribution in [1.29, 1.82) is 0 Å². The van der Waals surface area contributed by atoms with Gasteiger partial charge < -0.3 is 19.3 Å². The lowest BCUT2D eigenvalue weighted by Crippen LogP contribution is -2.41. The Balaban J connectivity index is 2.16. The highest BCUT2D eigenvalue weighted by Crippen LogP contribution is 2.38. The molecule has 0 unspecified atom stereocenters. The zero-order chi connectivity index (χ0) is 19.3. The van der Waals surface area contributed by atoms with E-state index in [2.05, 4.69) is 10.9 Å². The molecule has 0 saturated carbocycles. The molecule has 8 nitrogen and oxygen atoms in total. The first-order valence-electron chi connectivity index (χ1n) is 7.61. The summed E-state index contributed by atoms with van der Waals surface area (Å²) in [6.45, 7) is 1.79. The van der Waals surface area contributed by atoms with E-state index >= 15 is 0 Å². The second-order valence-corrected chi connectivity index (χ2v) is 5.34. The van der Waals surface area contributed by atoms with E-state index in [0.717, 1.165) is 5.56 Å². The standard InChI is InChI=1S/C18H20N2O6/c1-10-5-6-12(13(21)7-10)18(23)20-19-17(22)11-8-14(24-2)16(26-4)15(9-11)25-3/h5-9,21H,1-4H3,(H,19,22)(H,20,23). The summed E-state index contributed by atoms with van der Waals surface area (Å²) >= 11 is 0. The van der Waals surface area contributed by atoms with Gasteiger partial charge in [0, 0.05) is 5.56 Å².